The van der Waals surface area contributed by atoms with Gasteiger partial charge in [0.25, 0.3) is 0 Å². The fourth-order valence-electron chi connectivity index (χ4n) is 1.90. The van der Waals surface area contributed by atoms with Gasteiger partial charge in [0, 0.05) is 19.6 Å². The zero-order valence-corrected chi connectivity index (χ0v) is 8.81. The molecule has 1 aromatic carbocycles. The van der Waals surface area contributed by atoms with Crippen LogP contribution in [0.1, 0.15) is 5.56 Å². The maximum Gasteiger partial charge on any atom is 0.146 e. The van der Waals surface area contributed by atoms with Crippen molar-refractivity contribution in [2.45, 2.75) is 18.8 Å². The number of anilines is 1. The van der Waals surface area contributed by atoms with Crippen molar-refractivity contribution in [2.75, 3.05) is 18.8 Å². The second-order valence-corrected chi connectivity index (χ2v) is 4.18. The number of benzene rings is 1. The van der Waals surface area contributed by atoms with Crippen LogP contribution in [0.25, 0.3) is 0 Å². The summed E-state index contributed by atoms with van der Waals surface area (Å²) in [6.07, 6.45) is -1.42. The standard InChI is InChI=1S/C11H15FN2O2/c12-8-3-7(1-2-9(8)13)4-14-5-10(15)11(16)6-14/h1-3,10-11,15-16H,4-6,13H2. The summed E-state index contributed by atoms with van der Waals surface area (Å²) in [5.74, 6) is -0.433. The summed E-state index contributed by atoms with van der Waals surface area (Å²) in [6, 6.07) is 4.65. The van der Waals surface area contributed by atoms with E-state index in [0.29, 0.717) is 19.6 Å². The van der Waals surface area contributed by atoms with Crippen LogP contribution >= 0.6 is 0 Å². The fraction of sp³-hybridized carbons (Fsp3) is 0.455. The summed E-state index contributed by atoms with van der Waals surface area (Å²) in [4.78, 5) is 1.88. The SMILES string of the molecule is Nc1ccc(CN2CC(O)C(O)C2)cc1F. The van der Waals surface area contributed by atoms with Crippen LogP contribution in [-0.4, -0.2) is 40.4 Å². The van der Waals surface area contributed by atoms with Crippen molar-refractivity contribution in [1.82, 2.24) is 4.90 Å². The van der Waals surface area contributed by atoms with Crippen molar-refractivity contribution in [2.24, 2.45) is 0 Å². The number of hydrogen-bond acceptors (Lipinski definition) is 4. The lowest BCUT2D eigenvalue weighted by Gasteiger charge is -2.14. The Bertz CT molecular complexity index is 376. The Balaban J connectivity index is 2.02. The molecule has 0 aromatic heterocycles. The molecule has 4 N–H and O–H groups in total. The first-order valence-electron chi connectivity index (χ1n) is 5.18. The molecule has 5 heteroatoms. The highest BCUT2D eigenvalue weighted by atomic mass is 19.1. The monoisotopic (exact) mass is 226 g/mol. The summed E-state index contributed by atoms with van der Waals surface area (Å²) in [5, 5.41) is 18.7. The van der Waals surface area contributed by atoms with E-state index in [4.69, 9.17) is 5.73 Å². The molecule has 1 aliphatic heterocycles. The molecule has 0 bridgehead atoms. The van der Waals surface area contributed by atoms with E-state index in [-0.39, 0.29) is 5.69 Å². The van der Waals surface area contributed by atoms with E-state index in [0.717, 1.165) is 5.56 Å². The molecule has 1 aromatic rings. The zero-order valence-electron chi connectivity index (χ0n) is 8.81. The minimum Gasteiger partial charge on any atom is -0.396 e. The molecule has 1 saturated heterocycles. The first-order valence-corrected chi connectivity index (χ1v) is 5.18. The average molecular weight is 226 g/mol. The van der Waals surface area contributed by atoms with Gasteiger partial charge in [-0.25, -0.2) is 4.39 Å². The number of hydrogen-bond donors (Lipinski definition) is 3. The highest BCUT2D eigenvalue weighted by Crippen LogP contribution is 2.17. The maximum absolute atomic E-state index is 13.2. The second kappa shape index (κ2) is 4.37. The number of halogens is 1. The van der Waals surface area contributed by atoms with Crippen LogP contribution in [0.5, 0.6) is 0 Å². The Kier molecular flexibility index (Phi) is 3.09. The lowest BCUT2D eigenvalue weighted by atomic mass is 10.2. The molecule has 16 heavy (non-hydrogen) atoms. The summed E-state index contributed by atoms with van der Waals surface area (Å²) in [7, 11) is 0. The van der Waals surface area contributed by atoms with Crippen molar-refractivity contribution in [1.29, 1.82) is 0 Å². The van der Waals surface area contributed by atoms with Crippen molar-refractivity contribution < 1.29 is 14.6 Å². The topological polar surface area (TPSA) is 69.7 Å². The van der Waals surface area contributed by atoms with Gasteiger partial charge in [-0.05, 0) is 17.7 Å². The molecule has 88 valence electrons. The molecule has 0 amide bonds. The lowest BCUT2D eigenvalue weighted by Crippen LogP contribution is -2.22. The zero-order chi connectivity index (χ0) is 11.7. The first-order chi connectivity index (χ1) is 7.56. The largest absolute Gasteiger partial charge is 0.396 e. The minimum absolute atomic E-state index is 0.130. The van der Waals surface area contributed by atoms with Gasteiger partial charge < -0.3 is 15.9 Å². The molecule has 0 spiro atoms. The fourth-order valence-corrected chi connectivity index (χ4v) is 1.90. The van der Waals surface area contributed by atoms with Crippen LogP contribution in [0.15, 0.2) is 18.2 Å². The van der Waals surface area contributed by atoms with Gasteiger partial charge in [-0.3, -0.25) is 4.90 Å². The van der Waals surface area contributed by atoms with Crippen molar-refractivity contribution in [3.05, 3.63) is 29.6 Å². The highest BCUT2D eigenvalue weighted by Gasteiger charge is 2.29. The molecule has 1 fully saturated rings. The number of aliphatic hydroxyl groups excluding tert-OH is 2. The molecule has 0 saturated carbocycles. The van der Waals surface area contributed by atoms with Gasteiger partial charge in [0.1, 0.15) is 5.82 Å². The van der Waals surface area contributed by atoms with E-state index >= 15 is 0 Å². The molecular formula is C11H15FN2O2. The van der Waals surface area contributed by atoms with Crippen LogP contribution in [0.2, 0.25) is 0 Å². The number of nitrogen functional groups attached to an aromatic ring is 1. The van der Waals surface area contributed by atoms with Gasteiger partial charge in [0.05, 0.1) is 17.9 Å². The van der Waals surface area contributed by atoms with Gasteiger partial charge in [-0.1, -0.05) is 6.07 Å². The third-order valence-corrected chi connectivity index (χ3v) is 2.81. The number of nitrogens with zero attached hydrogens (tertiary/aromatic N) is 1. The summed E-state index contributed by atoms with van der Waals surface area (Å²) >= 11 is 0. The lowest BCUT2D eigenvalue weighted by molar-refractivity contribution is 0.0572. The van der Waals surface area contributed by atoms with E-state index in [9.17, 15) is 14.6 Å². The molecule has 0 radical (unpaired) electrons. The highest BCUT2D eigenvalue weighted by molar-refractivity contribution is 5.41. The Morgan fingerprint density at radius 3 is 2.50 bits per heavy atom. The smallest absolute Gasteiger partial charge is 0.146 e. The van der Waals surface area contributed by atoms with Crippen molar-refractivity contribution in [3.63, 3.8) is 0 Å². The third kappa shape index (κ3) is 2.32. The van der Waals surface area contributed by atoms with Gasteiger partial charge in [0.2, 0.25) is 0 Å². The van der Waals surface area contributed by atoms with Crippen LogP contribution in [0.3, 0.4) is 0 Å². The number of rotatable bonds is 2. The second-order valence-electron chi connectivity index (χ2n) is 4.18. The molecule has 1 heterocycles. The summed E-state index contributed by atoms with van der Waals surface area (Å²) < 4.78 is 13.2. The van der Waals surface area contributed by atoms with E-state index in [1.165, 1.54) is 12.1 Å². The Hall–Kier alpha value is -1.17. The van der Waals surface area contributed by atoms with Crippen LogP contribution < -0.4 is 5.73 Å². The number of β-amino-alcohol motifs (C(OH)–C–C–N with tert-alkyl or cyclic N) is 2. The quantitative estimate of drug-likeness (QED) is 0.618. The van der Waals surface area contributed by atoms with Gasteiger partial charge in [-0.2, -0.15) is 0 Å². The van der Waals surface area contributed by atoms with E-state index < -0.39 is 18.0 Å². The van der Waals surface area contributed by atoms with Crippen molar-refractivity contribution in [3.8, 4) is 0 Å². The van der Waals surface area contributed by atoms with Crippen LogP contribution in [0, 0.1) is 5.82 Å². The maximum atomic E-state index is 13.2. The van der Waals surface area contributed by atoms with E-state index in [2.05, 4.69) is 0 Å². The predicted molar refractivity (Wildman–Crippen MR) is 58.1 cm³/mol. The van der Waals surface area contributed by atoms with Crippen molar-refractivity contribution >= 4 is 5.69 Å². The first kappa shape index (κ1) is 11.3. The number of nitrogens with two attached hydrogens (primary N) is 1. The molecule has 0 aliphatic carbocycles. The van der Waals surface area contributed by atoms with Crippen LogP contribution in [0.4, 0.5) is 10.1 Å². The van der Waals surface area contributed by atoms with Gasteiger partial charge >= 0.3 is 0 Å². The molecule has 1 aliphatic rings. The number of likely N-dealkylation sites (tertiary alicyclic amines) is 1. The Morgan fingerprint density at radius 2 is 1.94 bits per heavy atom. The minimum atomic E-state index is -0.710. The summed E-state index contributed by atoms with van der Waals surface area (Å²) in [5.41, 5.74) is 6.29. The van der Waals surface area contributed by atoms with Gasteiger partial charge in [0.15, 0.2) is 0 Å². The molecule has 4 nitrogen and oxygen atoms in total. The average Bonchev–Trinajstić information content (AvgIpc) is 2.52. The van der Waals surface area contributed by atoms with Crippen LogP contribution in [-0.2, 0) is 6.54 Å². The Labute approximate surface area is 93.1 Å². The van der Waals surface area contributed by atoms with E-state index in [1.807, 2.05) is 4.90 Å². The molecular weight excluding hydrogens is 211 g/mol. The molecule has 2 atom stereocenters. The molecule has 2 unspecified atom stereocenters. The Morgan fingerprint density at radius 1 is 1.31 bits per heavy atom. The van der Waals surface area contributed by atoms with Gasteiger partial charge in [-0.15, -0.1) is 0 Å². The number of aliphatic hydroxyl groups is 2. The molecule has 2 rings (SSSR count). The van der Waals surface area contributed by atoms with E-state index in [1.54, 1.807) is 6.07 Å². The normalized spacial score (nSPS) is 26.2. The third-order valence-electron chi connectivity index (χ3n) is 2.81. The summed E-state index contributed by atoms with van der Waals surface area (Å²) in [6.45, 7) is 1.33. The predicted octanol–water partition coefficient (Wildman–Crippen LogP) is -0.0547.